The monoisotopic (exact) mass is 200 g/mol. The van der Waals surface area contributed by atoms with Crippen molar-refractivity contribution in [2.75, 3.05) is 19.6 Å². The molecule has 0 fully saturated rings. The molecule has 0 aliphatic rings. The predicted octanol–water partition coefficient (Wildman–Crippen LogP) is 2.45. The molecule has 0 radical (unpaired) electrons. The molecule has 0 N–H and O–H groups in total. The summed E-state index contributed by atoms with van der Waals surface area (Å²) in [5.41, 5.74) is 1.13. The van der Waals surface area contributed by atoms with Gasteiger partial charge in [-0.2, -0.15) is 0 Å². The van der Waals surface area contributed by atoms with Gasteiger partial charge in [-0.15, -0.1) is 11.6 Å². The summed E-state index contributed by atoms with van der Waals surface area (Å²) in [5.74, 6) is 1.40. The number of ether oxygens (including phenoxy) is 2. The average molecular weight is 201 g/mol. The Morgan fingerprint density at radius 3 is 2.46 bits per heavy atom. The van der Waals surface area contributed by atoms with Gasteiger partial charge in [0.15, 0.2) is 0 Å². The number of alkyl halides is 1. The molecule has 0 saturated heterocycles. The average Bonchev–Trinajstić information content (AvgIpc) is 2.19. The molecule has 3 heteroatoms. The van der Waals surface area contributed by atoms with E-state index in [0.29, 0.717) is 19.1 Å². The van der Waals surface area contributed by atoms with Crippen molar-refractivity contribution in [2.45, 2.75) is 6.61 Å². The van der Waals surface area contributed by atoms with Gasteiger partial charge in [0.1, 0.15) is 5.75 Å². The van der Waals surface area contributed by atoms with Gasteiger partial charge in [-0.05, 0) is 17.7 Å². The molecule has 0 unspecified atom stereocenters. The number of halogens is 1. The van der Waals surface area contributed by atoms with E-state index in [1.54, 1.807) is 7.11 Å². The summed E-state index contributed by atoms with van der Waals surface area (Å²) in [4.78, 5) is 0. The molecule has 0 heterocycles. The van der Waals surface area contributed by atoms with Gasteiger partial charge in [0.25, 0.3) is 0 Å². The largest absolute Gasteiger partial charge is 0.497 e. The van der Waals surface area contributed by atoms with E-state index < -0.39 is 0 Å². The Morgan fingerprint density at radius 2 is 1.92 bits per heavy atom. The Hall–Kier alpha value is -0.730. The minimum absolute atomic E-state index is 0.538. The normalized spacial score (nSPS) is 10.0. The Morgan fingerprint density at radius 1 is 1.23 bits per heavy atom. The number of benzene rings is 1. The second kappa shape index (κ2) is 5.84. The fourth-order valence-corrected chi connectivity index (χ4v) is 1.08. The molecule has 1 aromatic carbocycles. The Balaban J connectivity index is 2.40. The molecule has 0 amide bonds. The second-order valence-corrected chi connectivity index (χ2v) is 2.97. The lowest BCUT2D eigenvalue weighted by Gasteiger charge is -2.03. The highest BCUT2D eigenvalue weighted by Crippen LogP contribution is 2.11. The van der Waals surface area contributed by atoms with Crippen LogP contribution in [0.5, 0.6) is 5.75 Å². The van der Waals surface area contributed by atoms with E-state index in [2.05, 4.69) is 0 Å². The molecule has 0 aliphatic heterocycles. The second-order valence-electron chi connectivity index (χ2n) is 2.59. The maximum atomic E-state index is 5.47. The first-order valence-corrected chi connectivity index (χ1v) is 4.67. The molecule has 0 bridgehead atoms. The van der Waals surface area contributed by atoms with Crippen molar-refractivity contribution in [3.63, 3.8) is 0 Å². The smallest absolute Gasteiger partial charge is 0.118 e. The van der Waals surface area contributed by atoms with Crippen molar-refractivity contribution in [1.29, 1.82) is 0 Å². The first kappa shape index (κ1) is 10.4. The highest BCUT2D eigenvalue weighted by molar-refractivity contribution is 6.17. The van der Waals surface area contributed by atoms with Gasteiger partial charge in [-0.3, -0.25) is 0 Å². The topological polar surface area (TPSA) is 18.5 Å². The summed E-state index contributed by atoms with van der Waals surface area (Å²) < 4.78 is 10.3. The molecule has 0 atom stereocenters. The first-order valence-electron chi connectivity index (χ1n) is 4.13. The first-order chi connectivity index (χ1) is 6.36. The van der Waals surface area contributed by atoms with Crippen LogP contribution in [0.3, 0.4) is 0 Å². The van der Waals surface area contributed by atoms with Crippen molar-refractivity contribution < 1.29 is 9.47 Å². The van der Waals surface area contributed by atoms with E-state index in [0.717, 1.165) is 11.3 Å². The van der Waals surface area contributed by atoms with Gasteiger partial charge < -0.3 is 9.47 Å². The van der Waals surface area contributed by atoms with Crippen LogP contribution in [0.1, 0.15) is 5.56 Å². The van der Waals surface area contributed by atoms with E-state index in [-0.39, 0.29) is 0 Å². The highest BCUT2D eigenvalue weighted by atomic mass is 35.5. The van der Waals surface area contributed by atoms with Gasteiger partial charge in [-0.25, -0.2) is 0 Å². The van der Waals surface area contributed by atoms with Crippen LogP contribution in [0.25, 0.3) is 0 Å². The molecule has 1 rings (SSSR count). The molecule has 2 nitrogen and oxygen atoms in total. The van der Waals surface area contributed by atoms with Crippen molar-refractivity contribution in [1.82, 2.24) is 0 Å². The third-order valence-electron chi connectivity index (χ3n) is 1.65. The minimum Gasteiger partial charge on any atom is -0.497 e. The van der Waals surface area contributed by atoms with Crippen LogP contribution in [0.2, 0.25) is 0 Å². The van der Waals surface area contributed by atoms with Crippen molar-refractivity contribution in [3.8, 4) is 5.75 Å². The van der Waals surface area contributed by atoms with Crippen LogP contribution < -0.4 is 4.74 Å². The van der Waals surface area contributed by atoms with Crippen LogP contribution in [0.4, 0.5) is 0 Å². The van der Waals surface area contributed by atoms with Crippen LogP contribution in [0, 0.1) is 0 Å². The molecular formula is C10H13ClO2. The Kier molecular flexibility index (Phi) is 4.65. The Labute approximate surface area is 83.4 Å². The van der Waals surface area contributed by atoms with E-state index in [1.807, 2.05) is 24.3 Å². The summed E-state index contributed by atoms with van der Waals surface area (Å²) in [6.45, 7) is 1.20. The van der Waals surface area contributed by atoms with Crippen molar-refractivity contribution in [3.05, 3.63) is 29.8 Å². The minimum atomic E-state index is 0.538. The molecule has 1 aromatic rings. The lowest BCUT2D eigenvalue weighted by atomic mass is 10.2. The van der Waals surface area contributed by atoms with Crippen molar-refractivity contribution in [2.24, 2.45) is 0 Å². The molecule has 72 valence electrons. The Bertz CT molecular complexity index is 233. The van der Waals surface area contributed by atoms with E-state index in [9.17, 15) is 0 Å². The van der Waals surface area contributed by atoms with Gasteiger partial charge in [0.2, 0.25) is 0 Å². The van der Waals surface area contributed by atoms with Gasteiger partial charge >= 0.3 is 0 Å². The predicted molar refractivity (Wildman–Crippen MR) is 53.4 cm³/mol. The number of hydrogen-bond donors (Lipinski definition) is 0. The quantitative estimate of drug-likeness (QED) is 0.537. The van der Waals surface area contributed by atoms with Crippen LogP contribution in [-0.4, -0.2) is 19.6 Å². The molecule has 0 spiro atoms. The zero-order valence-electron chi connectivity index (χ0n) is 7.63. The molecule has 13 heavy (non-hydrogen) atoms. The third kappa shape index (κ3) is 3.66. The number of hydrogen-bond acceptors (Lipinski definition) is 2. The summed E-state index contributed by atoms with van der Waals surface area (Å²) in [5, 5.41) is 0. The number of methoxy groups -OCH3 is 1. The maximum Gasteiger partial charge on any atom is 0.118 e. The summed E-state index contributed by atoms with van der Waals surface area (Å²) in [6.07, 6.45) is 0. The zero-order chi connectivity index (χ0) is 9.52. The molecule has 0 saturated carbocycles. The van der Waals surface area contributed by atoms with Gasteiger partial charge in [-0.1, -0.05) is 12.1 Å². The van der Waals surface area contributed by atoms with Gasteiger partial charge in [0, 0.05) is 5.88 Å². The molecular weight excluding hydrogens is 188 g/mol. The lowest BCUT2D eigenvalue weighted by Crippen LogP contribution is -1.96. The van der Waals surface area contributed by atoms with Crippen LogP contribution in [0.15, 0.2) is 24.3 Å². The fourth-order valence-electron chi connectivity index (χ4n) is 0.966. The summed E-state index contributed by atoms with van der Waals surface area (Å²) in [6, 6.07) is 7.79. The summed E-state index contributed by atoms with van der Waals surface area (Å²) >= 11 is 5.47. The fraction of sp³-hybridized carbons (Fsp3) is 0.400. The standard InChI is InChI=1S/C10H13ClO2/c1-12-10-4-2-9(3-5-10)8-13-7-6-11/h2-5H,6-8H2,1H3. The van der Waals surface area contributed by atoms with Crippen LogP contribution in [-0.2, 0) is 11.3 Å². The zero-order valence-corrected chi connectivity index (χ0v) is 8.38. The lowest BCUT2D eigenvalue weighted by molar-refractivity contribution is 0.136. The van der Waals surface area contributed by atoms with Gasteiger partial charge in [0.05, 0.1) is 20.3 Å². The molecule has 0 aliphatic carbocycles. The van der Waals surface area contributed by atoms with E-state index in [1.165, 1.54) is 0 Å². The highest BCUT2D eigenvalue weighted by Gasteiger charge is 1.93. The SMILES string of the molecule is COc1ccc(COCCCl)cc1. The van der Waals surface area contributed by atoms with E-state index in [4.69, 9.17) is 21.1 Å². The maximum absolute atomic E-state index is 5.47. The molecule has 0 aromatic heterocycles. The van der Waals surface area contributed by atoms with E-state index >= 15 is 0 Å². The number of rotatable bonds is 5. The summed E-state index contributed by atoms with van der Waals surface area (Å²) in [7, 11) is 1.65. The third-order valence-corrected chi connectivity index (χ3v) is 1.80. The van der Waals surface area contributed by atoms with Crippen LogP contribution >= 0.6 is 11.6 Å². The van der Waals surface area contributed by atoms with Crippen molar-refractivity contribution >= 4 is 11.6 Å².